The van der Waals surface area contributed by atoms with E-state index in [0.717, 1.165) is 17.1 Å². The van der Waals surface area contributed by atoms with Gasteiger partial charge in [-0.3, -0.25) is 4.99 Å². The molecule has 1 aromatic rings. The number of halogens is 2. The van der Waals surface area contributed by atoms with Gasteiger partial charge in [-0.05, 0) is 25.1 Å². The van der Waals surface area contributed by atoms with E-state index in [-0.39, 0.29) is 6.79 Å². The molecule has 0 radical (unpaired) electrons. The highest BCUT2D eigenvalue weighted by Crippen LogP contribution is 2.32. The molecule has 0 atom stereocenters. The summed E-state index contributed by atoms with van der Waals surface area (Å²) in [6.45, 7) is 6.91. The van der Waals surface area contributed by atoms with Crippen LogP contribution < -0.4 is 15.2 Å². The molecule has 0 amide bonds. The first-order chi connectivity index (χ1) is 8.81. The average Bonchev–Trinajstić information content (AvgIpc) is 2.91. The number of amidine groups is 1. The lowest BCUT2D eigenvalue weighted by molar-refractivity contribution is 0.174. The van der Waals surface area contributed by atoms with Crippen LogP contribution in [0.4, 0.5) is 0 Å². The second-order valence-corrected chi connectivity index (χ2v) is 2.93. The Bertz CT molecular complexity index is 384. The normalized spacial score (nSPS) is 11.9. The molecule has 6 heteroatoms. The summed E-state index contributed by atoms with van der Waals surface area (Å²) in [6.07, 6.45) is 0. The minimum Gasteiger partial charge on any atom is -0.454 e. The Morgan fingerprint density at radius 3 is 2.50 bits per heavy atom. The lowest BCUT2D eigenvalue weighted by Crippen LogP contribution is -2.13. The average molecular weight is 476 g/mol. The summed E-state index contributed by atoms with van der Waals surface area (Å²) in [5.74, 6) is 2.03. The van der Waals surface area contributed by atoms with Gasteiger partial charge in [-0.2, -0.15) is 0 Å². The van der Waals surface area contributed by atoms with E-state index in [0.29, 0.717) is 12.4 Å². The van der Waals surface area contributed by atoms with Gasteiger partial charge in [0.2, 0.25) is 6.79 Å². The van der Waals surface area contributed by atoms with Crippen molar-refractivity contribution in [3.05, 3.63) is 23.8 Å². The van der Waals surface area contributed by atoms with Crippen molar-refractivity contribution in [2.24, 2.45) is 10.7 Å². The smallest absolute Gasteiger partial charge is 0.231 e. The first-order valence-corrected chi connectivity index (χ1v) is 11.9. The monoisotopic (exact) mass is 476 g/mol. The van der Waals surface area contributed by atoms with Crippen molar-refractivity contribution in [2.45, 2.75) is 20.8 Å². The lowest BCUT2D eigenvalue weighted by atomic mass is 10.2. The van der Waals surface area contributed by atoms with Crippen LogP contribution in [0.25, 0.3) is 0 Å². The van der Waals surface area contributed by atoms with Gasteiger partial charge in [0.1, 0.15) is 5.84 Å². The third-order valence-corrected chi connectivity index (χ3v) is 2.00. The Morgan fingerprint density at radius 2 is 1.89 bits per heavy atom. The van der Waals surface area contributed by atoms with Gasteiger partial charge in [-0.25, -0.2) is 0 Å². The number of hydrogen-bond acceptors (Lipinski definition) is 3. The minimum atomic E-state index is 0.281. The number of rotatable bonds is 2. The van der Waals surface area contributed by atoms with E-state index >= 15 is 0 Å². The van der Waals surface area contributed by atoms with Crippen molar-refractivity contribution in [3.8, 4) is 11.5 Å². The summed E-state index contributed by atoms with van der Waals surface area (Å²) in [6, 6.07) is 5.56. The maximum atomic E-state index is 5.75. The highest BCUT2D eigenvalue weighted by atomic mass is 128. The molecule has 0 aromatic heterocycles. The topological polar surface area (TPSA) is 56.8 Å². The Hall–Kier alpha value is -0.250. The fraction of sp³-hybridized carbons (Fsp3) is 0.417. The Balaban J connectivity index is 0.000000659. The van der Waals surface area contributed by atoms with Crippen LogP contribution in [-0.4, -0.2) is 19.2 Å². The lowest BCUT2D eigenvalue weighted by Gasteiger charge is -2.01. The van der Waals surface area contributed by atoms with Gasteiger partial charge in [0.15, 0.2) is 11.5 Å². The third-order valence-electron chi connectivity index (χ3n) is 2.00. The van der Waals surface area contributed by atoms with Crippen molar-refractivity contribution in [1.29, 1.82) is 0 Å². The first kappa shape index (κ1) is 17.8. The van der Waals surface area contributed by atoms with Crippen LogP contribution >= 0.6 is 37.2 Å². The Labute approximate surface area is 132 Å². The molecule has 0 bridgehead atoms. The highest BCUT2D eigenvalue weighted by molar-refractivity contribution is 15.0. The molecule has 1 aliphatic rings. The van der Waals surface area contributed by atoms with Gasteiger partial charge in [-0.1, -0.05) is 13.8 Å². The van der Waals surface area contributed by atoms with Crippen LogP contribution in [0.5, 0.6) is 11.5 Å². The van der Waals surface area contributed by atoms with E-state index in [2.05, 4.69) is 42.2 Å². The number of ether oxygens (including phenoxy) is 2. The molecule has 0 saturated carbocycles. The quantitative estimate of drug-likeness (QED) is 0.400. The van der Waals surface area contributed by atoms with E-state index in [1.807, 2.05) is 39.0 Å². The molecular formula is C12H18I2N2O2. The minimum absolute atomic E-state index is 0.281. The molecule has 102 valence electrons. The Morgan fingerprint density at radius 1 is 1.28 bits per heavy atom. The fourth-order valence-electron chi connectivity index (χ4n) is 1.32. The second kappa shape index (κ2) is 10.7. The van der Waals surface area contributed by atoms with Crippen molar-refractivity contribution < 1.29 is 9.47 Å². The third kappa shape index (κ3) is 5.17. The molecule has 4 nitrogen and oxygen atoms in total. The molecule has 0 unspecified atom stereocenters. The maximum absolute atomic E-state index is 5.75. The second-order valence-electron chi connectivity index (χ2n) is 2.93. The summed E-state index contributed by atoms with van der Waals surface area (Å²) in [5, 5.41) is 0. The number of fused-ring (bicyclic) bond motifs is 1. The van der Waals surface area contributed by atoms with Gasteiger partial charge in [0.25, 0.3) is 0 Å². The highest BCUT2D eigenvalue weighted by Gasteiger charge is 2.13. The summed E-state index contributed by atoms with van der Waals surface area (Å²) in [7, 11) is 0. The van der Waals surface area contributed by atoms with Crippen LogP contribution in [0.2, 0.25) is 0 Å². The molecule has 0 spiro atoms. The summed E-state index contributed by atoms with van der Waals surface area (Å²) >= 11 is 4.24. The van der Waals surface area contributed by atoms with Crippen LogP contribution in [0.1, 0.15) is 26.3 Å². The molecule has 0 saturated heterocycles. The van der Waals surface area contributed by atoms with E-state index in [4.69, 9.17) is 15.2 Å². The van der Waals surface area contributed by atoms with Crippen LogP contribution in [0.3, 0.4) is 0 Å². The van der Waals surface area contributed by atoms with E-state index in [1.165, 1.54) is 0 Å². The van der Waals surface area contributed by atoms with E-state index < -0.39 is 0 Å². The maximum Gasteiger partial charge on any atom is 0.231 e. The predicted octanol–water partition coefficient (Wildman–Crippen LogP) is 3.94. The van der Waals surface area contributed by atoms with E-state index in [1.54, 1.807) is 0 Å². The zero-order valence-electron chi connectivity index (χ0n) is 10.7. The number of nitrogens with zero attached hydrogens (tertiary/aromatic N) is 1. The number of aliphatic imine (C=N–C) groups is 1. The fourth-order valence-corrected chi connectivity index (χ4v) is 1.32. The van der Waals surface area contributed by atoms with Crippen LogP contribution in [-0.2, 0) is 0 Å². The van der Waals surface area contributed by atoms with Crippen molar-refractivity contribution in [2.75, 3.05) is 13.3 Å². The van der Waals surface area contributed by atoms with Crippen molar-refractivity contribution in [3.63, 3.8) is 0 Å². The molecule has 1 aliphatic heterocycles. The zero-order valence-corrected chi connectivity index (χ0v) is 15.1. The molecule has 18 heavy (non-hydrogen) atoms. The van der Waals surface area contributed by atoms with Crippen molar-refractivity contribution >= 4 is 43.1 Å². The summed E-state index contributed by atoms with van der Waals surface area (Å²) in [4.78, 5) is 4.12. The summed E-state index contributed by atoms with van der Waals surface area (Å²) in [5.41, 5.74) is 6.62. The van der Waals surface area contributed by atoms with Gasteiger partial charge in [-0.15, -0.1) is 0 Å². The van der Waals surface area contributed by atoms with Gasteiger partial charge >= 0.3 is 0 Å². The molecule has 2 N–H and O–H groups in total. The van der Waals surface area contributed by atoms with Crippen molar-refractivity contribution in [1.82, 2.24) is 0 Å². The largest absolute Gasteiger partial charge is 0.454 e. The number of benzene rings is 1. The van der Waals surface area contributed by atoms with E-state index in [9.17, 15) is 0 Å². The molecule has 1 aromatic carbocycles. The van der Waals surface area contributed by atoms with Crippen LogP contribution in [0, 0.1) is 0 Å². The number of nitrogens with two attached hydrogens (primary N) is 1. The summed E-state index contributed by atoms with van der Waals surface area (Å²) < 4.78 is 10.4. The molecule has 1 heterocycles. The standard InChI is InChI=1S/C10H12N2O2.C2H6.I2/c1-2-12-10(11)7-3-4-8-9(5-7)14-6-13-8;2*1-2/h3-5H,2,6H2,1H3,(H2,11,12);1-2H3;. The first-order valence-electron chi connectivity index (χ1n) is 5.65. The SMILES string of the molecule is CC.CCN=C(N)c1ccc2c(c1)OCO2.II. The number of hydrogen-bond donors (Lipinski definition) is 1. The van der Waals surface area contributed by atoms with Crippen LogP contribution in [0.15, 0.2) is 23.2 Å². The zero-order chi connectivity index (χ0) is 14.0. The Kier molecular flexibility index (Phi) is 10.5. The molecule has 2 rings (SSSR count). The van der Waals surface area contributed by atoms with Gasteiger partial charge in [0.05, 0.1) is 0 Å². The molecule has 0 fully saturated rings. The predicted molar refractivity (Wildman–Crippen MR) is 93.2 cm³/mol. The molecular weight excluding hydrogens is 458 g/mol. The molecule has 0 aliphatic carbocycles. The van der Waals surface area contributed by atoms with Gasteiger partial charge in [0, 0.05) is 49.3 Å². The van der Waals surface area contributed by atoms with Gasteiger partial charge < -0.3 is 15.2 Å².